The molecule has 0 bridgehead atoms. The lowest BCUT2D eigenvalue weighted by Gasteiger charge is -2.16. The Morgan fingerprint density at radius 2 is 2.22 bits per heavy atom. The summed E-state index contributed by atoms with van der Waals surface area (Å²) in [5.41, 5.74) is 0.599. The van der Waals surface area contributed by atoms with Gasteiger partial charge >= 0.3 is 0 Å². The van der Waals surface area contributed by atoms with Crippen molar-refractivity contribution in [2.24, 2.45) is 0 Å². The molecule has 18 heavy (non-hydrogen) atoms. The predicted molar refractivity (Wildman–Crippen MR) is 67.7 cm³/mol. The van der Waals surface area contributed by atoms with E-state index in [0.29, 0.717) is 17.9 Å². The molecule has 1 saturated heterocycles. The third kappa shape index (κ3) is 3.09. The first-order valence-corrected chi connectivity index (χ1v) is 6.22. The molecule has 1 aromatic rings. The molecule has 0 aliphatic carbocycles. The molecular weight excluding hydrogens is 230 g/mol. The van der Waals surface area contributed by atoms with Gasteiger partial charge < -0.3 is 10.1 Å². The van der Waals surface area contributed by atoms with E-state index in [4.69, 9.17) is 4.74 Å². The molecule has 1 aliphatic heterocycles. The zero-order valence-corrected chi connectivity index (χ0v) is 10.4. The van der Waals surface area contributed by atoms with Crippen LogP contribution in [0.25, 0.3) is 0 Å². The van der Waals surface area contributed by atoms with Crippen LogP contribution in [-0.4, -0.2) is 24.3 Å². The van der Waals surface area contributed by atoms with Crippen LogP contribution in [0.1, 0.15) is 36.5 Å². The number of rotatable bonds is 3. The van der Waals surface area contributed by atoms with Gasteiger partial charge in [0, 0.05) is 12.1 Å². The molecule has 4 nitrogen and oxygen atoms in total. The van der Waals surface area contributed by atoms with Gasteiger partial charge in [-0.05, 0) is 38.3 Å². The van der Waals surface area contributed by atoms with Crippen molar-refractivity contribution in [3.63, 3.8) is 0 Å². The van der Waals surface area contributed by atoms with Crippen LogP contribution in [0.15, 0.2) is 24.3 Å². The van der Waals surface area contributed by atoms with E-state index in [0.717, 1.165) is 19.3 Å². The van der Waals surface area contributed by atoms with Crippen LogP contribution in [0, 0.1) is 0 Å². The Balaban J connectivity index is 2.10. The molecule has 1 aliphatic rings. The van der Waals surface area contributed by atoms with E-state index in [1.807, 2.05) is 0 Å². The van der Waals surface area contributed by atoms with Gasteiger partial charge in [0.1, 0.15) is 5.75 Å². The van der Waals surface area contributed by atoms with Gasteiger partial charge in [-0.3, -0.25) is 9.59 Å². The Kier molecular flexibility index (Phi) is 3.97. The molecular formula is C14H17NO3. The zero-order valence-electron chi connectivity index (χ0n) is 10.4. The average molecular weight is 247 g/mol. The largest absolute Gasteiger partial charge is 0.481 e. The van der Waals surface area contributed by atoms with E-state index in [2.05, 4.69) is 5.32 Å². The van der Waals surface area contributed by atoms with Crippen molar-refractivity contribution in [2.45, 2.75) is 32.3 Å². The van der Waals surface area contributed by atoms with E-state index in [9.17, 15) is 9.59 Å². The molecule has 2 rings (SSSR count). The topological polar surface area (TPSA) is 55.4 Å². The van der Waals surface area contributed by atoms with E-state index >= 15 is 0 Å². The van der Waals surface area contributed by atoms with Gasteiger partial charge in [0.25, 0.3) is 5.91 Å². The highest BCUT2D eigenvalue weighted by Gasteiger charge is 2.22. The molecule has 4 heteroatoms. The van der Waals surface area contributed by atoms with E-state index in [-0.39, 0.29) is 11.7 Å². The third-order valence-electron chi connectivity index (χ3n) is 3.00. The fourth-order valence-electron chi connectivity index (χ4n) is 1.98. The van der Waals surface area contributed by atoms with Crippen molar-refractivity contribution in [3.05, 3.63) is 29.8 Å². The molecule has 96 valence electrons. The number of hydrogen-bond acceptors (Lipinski definition) is 3. The Morgan fingerprint density at radius 1 is 1.39 bits per heavy atom. The second kappa shape index (κ2) is 5.67. The van der Waals surface area contributed by atoms with E-state index in [1.165, 1.54) is 6.92 Å². The fourth-order valence-corrected chi connectivity index (χ4v) is 1.98. The van der Waals surface area contributed by atoms with Gasteiger partial charge in [-0.2, -0.15) is 0 Å². The molecule has 1 fully saturated rings. The first kappa shape index (κ1) is 12.6. The maximum Gasteiger partial charge on any atom is 0.261 e. The van der Waals surface area contributed by atoms with Crippen LogP contribution in [0.2, 0.25) is 0 Å². The number of hydrogen-bond donors (Lipinski definition) is 1. The average Bonchev–Trinajstić information content (AvgIpc) is 2.55. The molecule has 1 unspecified atom stereocenters. The minimum atomic E-state index is -0.449. The van der Waals surface area contributed by atoms with Gasteiger partial charge in [-0.25, -0.2) is 0 Å². The van der Waals surface area contributed by atoms with Crippen molar-refractivity contribution in [2.75, 3.05) is 6.54 Å². The van der Waals surface area contributed by atoms with Crippen LogP contribution < -0.4 is 10.1 Å². The Labute approximate surface area is 106 Å². The van der Waals surface area contributed by atoms with Gasteiger partial charge in [0.15, 0.2) is 11.9 Å². The Morgan fingerprint density at radius 3 is 3.00 bits per heavy atom. The second-order valence-electron chi connectivity index (χ2n) is 4.48. The molecule has 0 spiro atoms. The van der Waals surface area contributed by atoms with E-state index in [1.54, 1.807) is 24.3 Å². The summed E-state index contributed by atoms with van der Waals surface area (Å²) in [5, 5.41) is 2.82. The minimum absolute atomic E-state index is 0.00855. The summed E-state index contributed by atoms with van der Waals surface area (Å²) in [4.78, 5) is 23.0. The SMILES string of the molecule is CC(=O)c1cccc(OC2CCCCNC2=O)c1. The van der Waals surface area contributed by atoms with Gasteiger partial charge in [0.05, 0.1) is 0 Å². The lowest BCUT2D eigenvalue weighted by Crippen LogP contribution is -2.36. The van der Waals surface area contributed by atoms with Crippen LogP contribution in [-0.2, 0) is 4.79 Å². The predicted octanol–water partition coefficient (Wildman–Crippen LogP) is 1.94. The Hall–Kier alpha value is -1.84. The van der Waals surface area contributed by atoms with E-state index < -0.39 is 6.10 Å². The van der Waals surface area contributed by atoms with Crippen molar-refractivity contribution >= 4 is 11.7 Å². The highest BCUT2D eigenvalue weighted by molar-refractivity contribution is 5.94. The molecule has 1 amide bonds. The summed E-state index contributed by atoms with van der Waals surface area (Å²) in [6.45, 7) is 2.23. The summed E-state index contributed by atoms with van der Waals surface area (Å²) in [6.07, 6.45) is 2.22. The number of nitrogens with one attached hydrogen (secondary N) is 1. The van der Waals surface area contributed by atoms with Gasteiger partial charge in [-0.1, -0.05) is 12.1 Å². The fraction of sp³-hybridized carbons (Fsp3) is 0.429. The van der Waals surface area contributed by atoms with Crippen LogP contribution in [0.4, 0.5) is 0 Å². The lowest BCUT2D eigenvalue weighted by atomic mass is 10.1. The summed E-state index contributed by atoms with van der Waals surface area (Å²) in [6, 6.07) is 6.95. The van der Waals surface area contributed by atoms with Crippen molar-refractivity contribution in [3.8, 4) is 5.75 Å². The monoisotopic (exact) mass is 247 g/mol. The first-order valence-electron chi connectivity index (χ1n) is 6.22. The highest BCUT2D eigenvalue weighted by Crippen LogP contribution is 2.18. The van der Waals surface area contributed by atoms with Gasteiger partial charge in [0.2, 0.25) is 0 Å². The standard InChI is InChI=1S/C14H17NO3/c1-10(16)11-5-4-6-12(9-11)18-13-7-2-3-8-15-14(13)17/h4-6,9,13H,2-3,7-8H2,1H3,(H,15,17). The number of carbonyl (C=O) groups excluding carboxylic acids is 2. The maximum absolute atomic E-state index is 11.7. The molecule has 1 aromatic carbocycles. The number of amides is 1. The zero-order chi connectivity index (χ0) is 13.0. The van der Waals surface area contributed by atoms with Crippen molar-refractivity contribution in [1.29, 1.82) is 0 Å². The normalized spacial score (nSPS) is 19.8. The van der Waals surface area contributed by atoms with Crippen LogP contribution >= 0.6 is 0 Å². The highest BCUT2D eigenvalue weighted by atomic mass is 16.5. The third-order valence-corrected chi connectivity index (χ3v) is 3.00. The van der Waals surface area contributed by atoms with Gasteiger partial charge in [-0.15, -0.1) is 0 Å². The van der Waals surface area contributed by atoms with Crippen LogP contribution in [0.5, 0.6) is 5.75 Å². The first-order chi connectivity index (χ1) is 8.66. The molecule has 1 atom stereocenters. The van der Waals surface area contributed by atoms with Crippen LogP contribution in [0.3, 0.4) is 0 Å². The summed E-state index contributed by atoms with van der Waals surface area (Å²) < 4.78 is 5.67. The minimum Gasteiger partial charge on any atom is -0.481 e. The molecule has 1 N–H and O–H groups in total. The number of ketones is 1. The molecule has 0 saturated carbocycles. The molecule has 0 radical (unpaired) electrons. The quantitative estimate of drug-likeness (QED) is 0.830. The van der Waals surface area contributed by atoms with Crippen molar-refractivity contribution < 1.29 is 14.3 Å². The number of carbonyl (C=O) groups is 2. The summed E-state index contributed by atoms with van der Waals surface area (Å²) >= 11 is 0. The smallest absolute Gasteiger partial charge is 0.261 e. The van der Waals surface area contributed by atoms with Crippen molar-refractivity contribution in [1.82, 2.24) is 5.32 Å². The lowest BCUT2D eigenvalue weighted by molar-refractivity contribution is -0.127. The number of ether oxygens (including phenoxy) is 1. The number of Topliss-reactive ketones (excluding diaryl/α,β-unsaturated/α-hetero) is 1. The molecule has 0 aromatic heterocycles. The second-order valence-corrected chi connectivity index (χ2v) is 4.48. The summed E-state index contributed by atoms with van der Waals surface area (Å²) in [5.74, 6) is 0.497. The Bertz CT molecular complexity index is 456. The summed E-state index contributed by atoms with van der Waals surface area (Å²) in [7, 11) is 0. The molecule has 1 heterocycles. The number of benzene rings is 1. The maximum atomic E-state index is 11.7.